The van der Waals surface area contributed by atoms with E-state index in [1.54, 1.807) is 0 Å². The van der Waals surface area contributed by atoms with E-state index in [9.17, 15) is 31.1 Å². The van der Waals surface area contributed by atoms with Crippen LogP contribution in [0.25, 0.3) is 0 Å². The van der Waals surface area contributed by atoms with Gasteiger partial charge in [0.15, 0.2) is 0 Å². The molecule has 0 heterocycles. The molecule has 1 saturated carbocycles. The molecule has 1 atom stereocenters. The van der Waals surface area contributed by atoms with E-state index in [1.807, 2.05) is 0 Å². The minimum atomic E-state index is -4.83. The molecule has 1 fully saturated rings. The van der Waals surface area contributed by atoms with Crippen LogP contribution in [0, 0.1) is 5.41 Å². The Balaban J connectivity index is 1.90. The van der Waals surface area contributed by atoms with Gasteiger partial charge in [-0.15, -0.1) is 13.2 Å². The van der Waals surface area contributed by atoms with Crippen LogP contribution in [-0.2, 0) is 4.79 Å². The molecule has 0 bridgehead atoms. The van der Waals surface area contributed by atoms with E-state index in [2.05, 4.69) is 10.1 Å². The van der Waals surface area contributed by atoms with E-state index in [0.29, 0.717) is 5.56 Å². The summed E-state index contributed by atoms with van der Waals surface area (Å²) in [4.78, 5) is 11.9. The van der Waals surface area contributed by atoms with Crippen LogP contribution in [-0.4, -0.2) is 18.4 Å². The Labute approximate surface area is 140 Å². The molecule has 1 N–H and O–H groups in total. The maximum Gasteiger partial charge on any atom is 0.573 e. The van der Waals surface area contributed by atoms with Gasteiger partial charge in [0.1, 0.15) is 5.75 Å². The molecule has 1 amide bonds. The number of carbonyl (C=O) groups excluding carboxylic acids is 1. The number of benzene rings is 1. The Morgan fingerprint density at radius 3 is 2.40 bits per heavy atom. The van der Waals surface area contributed by atoms with Gasteiger partial charge in [-0.05, 0) is 43.9 Å². The molecule has 1 aliphatic carbocycles. The standard InChI is InChI=1S/C16H17F6NO2/c1-10(11-3-2-4-12(9-11)25-16(20,21)22)23-13(24)5-6-14(7-8-14)15(17,18)19/h2-4,9-10H,5-8H2,1H3,(H,23,24)/t10-/m0/s1. The number of hydrogen-bond acceptors (Lipinski definition) is 2. The molecule has 3 nitrogen and oxygen atoms in total. The summed E-state index contributed by atoms with van der Waals surface area (Å²) in [6.45, 7) is 1.53. The fraction of sp³-hybridized carbons (Fsp3) is 0.562. The zero-order valence-electron chi connectivity index (χ0n) is 13.3. The van der Waals surface area contributed by atoms with Gasteiger partial charge >= 0.3 is 12.5 Å². The van der Waals surface area contributed by atoms with Crippen LogP contribution in [0.1, 0.15) is 44.2 Å². The highest BCUT2D eigenvalue weighted by Gasteiger charge is 2.62. The Bertz CT molecular complexity index is 622. The predicted molar refractivity (Wildman–Crippen MR) is 76.6 cm³/mol. The highest BCUT2D eigenvalue weighted by molar-refractivity contribution is 5.76. The van der Waals surface area contributed by atoms with Gasteiger partial charge in [-0.1, -0.05) is 12.1 Å². The van der Waals surface area contributed by atoms with Crippen LogP contribution in [0.5, 0.6) is 5.75 Å². The minimum Gasteiger partial charge on any atom is -0.406 e. The van der Waals surface area contributed by atoms with Gasteiger partial charge in [0.05, 0.1) is 11.5 Å². The summed E-state index contributed by atoms with van der Waals surface area (Å²) >= 11 is 0. The van der Waals surface area contributed by atoms with Crippen LogP contribution in [0.2, 0.25) is 0 Å². The zero-order valence-corrected chi connectivity index (χ0v) is 13.3. The quantitative estimate of drug-likeness (QED) is 0.726. The average molecular weight is 369 g/mol. The number of rotatable bonds is 6. The van der Waals surface area contributed by atoms with Gasteiger partial charge in [0.2, 0.25) is 5.91 Å². The Hall–Kier alpha value is -1.93. The SMILES string of the molecule is C[C@H](NC(=O)CCC1(C(F)(F)F)CC1)c1cccc(OC(F)(F)F)c1. The average Bonchev–Trinajstić information content (AvgIpc) is 3.24. The van der Waals surface area contributed by atoms with Crippen molar-refractivity contribution >= 4 is 5.91 Å². The summed E-state index contributed by atoms with van der Waals surface area (Å²) in [6, 6.07) is 4.40. The fourth-order valence-corrected chi connectivity index (χ4v) is 2.56. The fourth-order valence-electron chi connectivity index (χ4n) is 2.56. The zero-order chi connectivity index (χ0) is 18.9. The lowest BCUT2D eigenvalue weighted by atomic mass is 9.99. The first-order valence-electron chi connectivity index (χ1n) is 7.64. The third-order valence-corrected chi connectivity index (χ3v) is 4.25. The highest BCUT2D eigenvalue weighted by Crippen LogP contribution is 2.60. The first kappa shape index (κ1) is 19.4. The minimum absolute atomic E-state index is 0.0240. The van der Waals surface area contributed by atoms with Crippen molar-refractivity contribution in [3.63, 3.8) is 0 Å². The number of amides is 1. The molecule has 1 aliphatic rings. The smallest absolute Gasteiger partial charge is 0.406 e. The van der Waals surface area contributed by atoms with E-state index in [-0.39, 0.29) is 25.7 Å². The number of alkyl halides is 6. The van der Waals surface area contributed by atoms with Gasteiger partial charge < -0.3 is 10.1 Å². The lowest BCUT2D eigenvalue weighted by Crippen LogP contribution is -2.30. The predicted octanol–water partition coefficient (Wildman–Crippen LogP) is 4.89. The van der Waals surface area contributed by atoms with Gasteiger partial charge in [0.25, 0.3) is 0 Å². The van der Waals surface area contributed by atoms with E-state index in [0.717, 1.165) is 12.1 Å². The summed E-state index contributed by atoms with van der Waals surface area (Å²) < 4.78 is 78.9. The van der Waals surface area contributed by atoms with Crippen LogP contribution in [0.3, 0.4) is 0 Å². The maximum absolute atomic E-state index is 12.8. The second-order valence-electron chi connectivity index (χ2n) is 6.19. The van der Waals surface area contributed by atoms with Gasteiger partial charge in [-0.25, -0.2) is 0 Å². The molecule has 2 rings (SSSR count). The summed E-state index contributed by atoms with van der Waals surface area (Å²) in [5, 5.41) is 2.49. The van der Waals surface area contributed by atoms with Gasteiger partial charge in [0, 0.05) is 6.42 Å². The van der Waals surface area contributed by atoms with E-state index >= 15 is 0 Å². The van der Waals surface area contributed by atoms with Crippen molar-refractivity contribution in [3.05, 3.63) is 29.8 Å². The van der Waals surface area contributed by atoms with Crippen molar-refractivity contribution in [2.45, 2.75) is 51.2 Å². The van der Waals surface area contributed by atoms with Crippen LogP contribution in [0.15, 0.2) is 24.3 Å². The molecule has 9 heteroatoms. The summed E-state index contributed by atoms with van der Waals surface area (Å²) in [5.41, 5.74) is -1.40. The van der Waals surface area contributed by atoms with Crippen LogP contribution in [0.4, 0.5) is 26.3 Å². The second-order valence-corrected chi connectivity index (χ2v) is 6.19. The van der Waals surface area contributed by atoms with Crippen LogP contribution >= 0.6 is 0 Å². The van der Waals surface area contributed by atoms with Crippen molar-refractivity contribution in [3.8, 4) is 5.75 Å². The van der Waals surface area contributed by atoms with Crippen molar-refractivity contribution < 1.29 is 35.9 Å². The molecular weight excluding hydrogens is 352 g/mol. The summed E-state index contributed by atoms with van der Waals surface area (Å²) in [7, 11) is 0. The maximum atomic E-state index is 12.8. The lowest BCUT2D eigenvalue weighted by Gasteiger charge is -2.20. The number of ether oxygens (including phenoxy) is 1. The molecule has 0 unspecified atom stereocenters. The molecule has 25 heavy (non-hydrogen) atoms. The monoisotopic (exact) mass is 369 g/mol. The highest BCUT2D eigenvalue weighted by atomic mass is 19.4. The molecular formula is C16H17F6NO2. The molecule has 140 valence electrons. The van der Waals surface area contributed by atoms with Crippen molar-refractivity contribution in [1.82, 2.24) is 5.32 Å². The van der Waals surface area contributed by atoms with E-state index in [1.165, 1.54) is 19.1 Å². The van der Waals surface area contributed by atoms with Crippen LogP contribution < -0.4 is 10.1 Å². The van der Waals surface area contributed by atoms with E-state index < -0.39 is 35.7 Å². The first-order chi connectivity index (χ1) is 11.4. The third kappa shape index (κ3) is 5.27. The normalized spacial score (nSPS) is 17.7. The molecule has 0 aliphatic heterocycles. The number of nitrogens with one attached hydrogen (secondary N) is 1. The topological polar surface area (TPSA) is 38.3 Å². The van der Waals surface area contributed by atoms with Crippen molar-refractivity contribution in [2.75, 3.05) is 0 Å². The first-order valence-corrected chi connectivity index (χ1v) is 7.64. The molecule has 1 aromatic carbocycles. The number of carbonyl (C=O) groups is 1. The third-order valence-electron chi connectivity index (χ3n) is 4.25. The molecule has 0 radical (unpaired) electrons. The largest absolute Gasteiger partial charge is 0.573 e. The van der Waals surface area contributed by atoms with E-state index in [4.69, 9.17) is 0 Å². The lowest BCUT2D eigenvalue weighted by molar-refractivity contribution is -0.274. The van der Waals surface area contributed by atoms with Gasteiger partial charge in [-0.2, -0.15) is 13.2 Å². The number of hydrogen-bond donors (Lipinski definition) is 1. The number of halogens is 6. The second kappa shape index (κ2) is 6.76. The summed E-state index contributed by atoms with van der Waals surface area (Å²) in [5.74, 6) is -1.01. The van der Waals surface area contributed by atoms with Crippen molar-refractivity contribution in [2.24, 2.45) is 5.41 Å². The van der Waals surface area contributed by atoms with Crippen molar-refractivity contribution in [1.29, 1.82) is 0 Å². The molecule has 1 aromatic rings. The summed E-state index contributed by atoms with van der Waals surface area (Å²) in [6.07, 6.45) is -9.68. The molecule has 0 saturated heterocycles. The Kier molecular flexibility index (Phi) is 5.24. The van der Waals surface area contributed by atoms with Gasteiger partial charge in [-0.3, -0.25) is 4.79 Å². The molecule has 0 spiro atoms. The Morgan fingerprint density at radius 2 is 1.88 bits per heavy atom. The Morgan fingerprint density at radius 1 is 1.24 bits per heavy atom. The molecule has 0 aromatic heterocycles.